The van der Waals surface area contributed by atoms with Crippen LogP contribution in [0.15, 0.2) is 33.3 Å². The Hall–Kier alpha value is -0.118. The highest BCUT2D eigenvalue weighted by Gasteiger charge is 2.08. The molecule has 0 aliphatic heterocycles. The summed E-state index contributed by atoms with van der Waals surface area (Å²) < 4.78 is 1.56. The first kappa shape index (κ1) is 14.9. The number of aromatic hydroxyl groups is 1. The molecular weight excluding hydrogens is 341 g/mol. The van der Waals surface area contributed by atoms with Crippen LogP contribution in [-0.2, 0) is 0 Å². The van der Waals surface area contributed by atoms with Crippen molar-refractivity contribution in [1.82, 2.24) is 4.98 Å². The lowest BCUT2D eigenvalue weighted by Crippen LogP contribution is -1.81. The Kier molecular flexibility index (Phi) is 5.78. The molecule has 77 valence electrons. The van der Waals surface area contributed by atoms with E-state index < -0.39 is 0 Å². The standard InChI is InChI=1S/C9H5Br2NO.Al.H2O/c10-6-4-7(11)9(13)8-5(6)2-1-3-12-8;;/h1-4,13H;;1H2. The molecule has 3 nitrogen and oxygen atoms in total. The molecule has 6 heteroatoms. The molecule has 1 aromatic heterocycles. The van der Waals surface area contributed by atoms with E-state index in [-0.39, 0.29) is 28.6 Å². The Balaban J connectivity index is 0.000000980. The van der Waals surface area contributed by atoms with Gasteiger partial charge < -0.3 is 10.6 Å². The summed E-state index contributed by atoms with van der Waals surface area (Å²) in [5.41, 5.74) is 0.601. The van der Waals surface area contributed by atoms with Crippen LogP contribution in [-0.4, -0.2) is 32.9 Å². The molecule has 0 saturated heterocycles. The second-order valence-corrected chi connectivity index (χ2v) is 4.30. The molecule has 0 unspecified atom stereocenters. The molecule has 1 aromatic carbocycles. The Morgan fingerprint density at radius 3 is 2.53 bits per heavy atom. The SMILES string of the molecule is O.Oc1c(Br)cc(Br)c2cccnc12.[Al]. The van der Waals surface area contributed by atoms with Crippen LogP contribution in [0.4, 0.5) is 0 Å². The van der Waals surface area contributed by atoms with E-state index in [2.05, 4.69) is 36.8 Å². The van der Waals surface area contributed by atoms with Crippen molar-refractivity contribution in [2.24, 2.45) is 0 Å². The lowest BCUT2D eigenvalue weighted by atomic mass is 10.2. The average molecular weight is 348 g/mol. The van der Waals surface area contributed by atoms with Gasteiger partial charge in [-0.2, -0.15) is 0 Å². The lowest BCUT2D eigenvalue weighted by Gasteiger charge is -2.03. The number of hydrogen-bond donors (Lipinski definition) is 1. The number of hydrogen-bond acceptors (Lipinski definition) is 2. The van der Waals surface area contributed by atoms with Gasteiger partial charge in [-0.05, 0) is 28.1 Å². The second-order valence-electron chi connectivity index (χ2n) is 2.59. The van der Waals surface area contributed by atoms with Crippen molar-refractivity contribution in [3.8, 4) is 5.75 Å². The largest absolute Gasteiger partial charge is 0.505 e. The van der Waals surface area contributed by atoms with Crippen molar-refractivity contribution in [3.05, 3.63) is 33.3 Å². The van der Waals surface area contributed by atoms with E-state index in [9.17, 15) is 5.11 Å². The van der Waals surface area contributed by atoms with Crippen LogP contribution in [0, 0.1) is 0 Å². The molecule has 3 radical (unpaired) electrons. The minimum Gasteiger partial charge on any atom is -0.505 e. The van der Waals surface area contributed by atoms with Gasteiger partial charge in [0.1, 0.15) is 5.52 Å². The normalized spacial score (nSPS) is 9.20. The van der Waals surface area contributed by atoms with Crippen LogP contribution in [0.5, 0.6) is 5.75 Å². The number of halogens is 2. The number of phenolic OH excluding ortho intramolecular Hbond substituents is 1. The first-order chi connectivity index (χ1) is 6.20. The smallest absolute Gasteiger partial charge is 0.156 e. The maximum absolute atomic E-state index is 9.65. The zero-order valence-corrected chi connectivity index (χ0v) is 11.9. The van der Waals surface area contributed by atoms with Gasteiger partial charge in [0.2, 0.25) is 0 Å². The third kappa shape index (κ3) is 2.71. The Labute approximate surface area is 114 Å². The van der Waals surface area contributed by atoms with E-state index >= 15 is 0 Å². The fourth-order valence-corrected chi connectivity index (χ4v) is 2.43. The average Bonchev–Trinajstić information content (AvgIpc) is 2.15. The lowest BCUT2D eigenvalue weighted by molar-refractivity contribution is 0.477. The number of aromatic nitrogens is 1. The van der Waals surface area contributed by atoms with Crippen LogP contribution in [0.2, 0.25) is 0 Å². The summed E-state index contributed by atoms with van der Waals surface area (Å²) in [6.07, 6.45) is 1.65. The molecule has 3 N–H and O–H groups in total. The predicted molar refractivity (Wildman–Crippen MR) is 68.2 cm³/mol. The second kappa shape index (κ2) is 5.83. The molecule has 0 atom stereocenters. The van der Waals surface area contributed by atoms with E-state index in [4.69, 9.17) is 0 Å². The molecule has 0 bridgehead atoms. The molecule has 2 aromatic rings. The van der Waals surface area contributed by atoms with Crippen LogP contribution in [0.3, 0.4) is 0 Å². The molecule has 0 aliphatic carbocycles. The topological polar surface area (TPSA) is 64.6 Å². The summed E-state index contributed by atoms with van der Waals surface area (Å²) >= 11 is 6.65. The number of nitrogens with zero attached hydrogens (tertiary/aromatic N) is 1. The minimum atomic E-state index is 0. The molecule has 0 spiro atoms. The highest BCUT2D eigenvalue weighted by molar-refractivity contribution is 9.11. The highest BCUT2D eigenvalue weighted by Crippen LogP contribution is 2.35. The van der Waals surface area contributed by atoms with Gasteiger partial charge in [-0.15, -0.1) is 0 Å². The highest BCUT2D eigenvalue weighted by atomic mass is 79.9. The van der Waals surface area contributed by atoms with Gasteiger partial charge in [0.05, 0.1) is 4.47 Å². The van der Waals surface area contributed by atoms with Crippen LogP contribution in [0.1, 0.15) is 0 Å². The number of rotatable bonds is 0. The molecule has 15 heavy (non-hydrogen) atoms. The van der Waals surface area contributed by atoms with Gasteiger partial charge in [-0.3, -0.25) is 4.98 Å². The number of pyridine rings is 1. The maximum Gasteiger partial charge on any atom is 0.156 e. The van der Waals surface area contributed by atoms with Crippen LogP contribution < -0.4 is 0 Å². The Morgan fingerprint density at radius 1 is 1.20 bits per heavy atom. The van der Waals surface area contributed by atoms with E-state index in [0.29, 0.717) is 9.99 Å². The van der Waals surface area contributed by atoms with Gasteiger partial charge in [0, 0.05) is 33.4 Å². The number of phenols is 1. The first-order valence-corrected chi connectivity index (χ1v) is 5.20. The number of benzene rings is 1. The van der Waals surface area contributed by atoms with Gasteiger partial charge >= 0.3 is 0 Å². The summed E-state index contributed by atoms with van der Waals surface area (Å²) in [6.45, 7) is 0. The van der Waals surface area contributed by atoms with Gasteiger partial charge in [-0.1, -0.05) is 22.0 Å². The minimum absolute atomic E-state index is 0. The molecule has 1 heterocycles. The number of fused-ring (bicyclic) bond motifs is 1. The van der Waals surface area contributed by atoms with E-state index in [1.54, 1.807) is 12.3 Å². The molecule has 2 rings (SSSR count). The van der Waals surface area contributed by atoms with Gasteiger partial charge in [-0.25, -0.2) is 0 Å². The summed E-state index contributed by atoms with van der Waals surface area (Å²) in [4.78, 5) is 4.09. The van der Waals surface area contributed by atoms with E-state index in [1.807, 2.05) is 12.1 Å². The Morgan fingerprint density at radius 2 is 1.87 bits per heavy atom. The summed E-state index contributed by atoms with van der Waals surface area (Å²) in [7, 11) is 0. The zero-order chi connectivity index (χ0) is 9.42. The molecule has 0 amide bonds. The predicted octanol–water partition coefficient (Wildman–Crippen LogP) is 2.26. The van der Waals surface area contributed by atoms with E-state index in [0.717, 1.165) is 9.86 Å². The summed E-state index contributed by atoms with van der Waals surface area (Å²) in [5.74, 6) is 0.179. The Bertz CT molecular complexity index is 479. The summed E-state index contributed by atoms with van der Waals surface area (Å²) in [6, 6.07) is 5.54. The molecule has 0 aliphatic rings. The summed E-state index contributed by atoms with van der Waals surface area (Å²) in [5, 5.41) is 10.6. The zero-order valence-electron chi connectivity index (χ0n) is 7.54. The maximum atomic E-state index is 9.65. The molecule has 0 saturated carbocycles. The van der Waals surface area contributed by atoms with Gasteiger partial charge in [0.15, 0.2) is 5.75 Å². The van der Waals surface area contributed by atoms with Crippen molar-refractivity contribution in [2.75, 3.05) is 0 Å². The third-order valence-corrected chi connectivity index (χ3v) is 3.03. The van der Waals surface area contributed by atoms with Crippen LogP contribution >= 0.6 is 31.9 Å². The quantitative estimate of drug-likeness (QED) is 0.743. The third-order valence-electron chi connectivity index (χ3n) is 1.77. The van der Waals surface area contributed by atoms with Crippen molar-refractivity contribution in [1.29, 1.82) is 0 Å². The fourth-order valence-electron chi connectivity index (χ4n) is 1.16. The van der Waals surface area contributed by atoms with Crippen molar-refractivity contribution >= 4 is 60.1 Å². The van der Waals surface area contributed by atoms with Crippen molar-refractivity contribution in [3.63, 3.8) is 0 Å². The first-order valence-electron chi connectivity index (χ1n) is 3.62. The monoisotopic (exact) mass is 346 g/mol. The van der Waals surface area contributed by atoms with Crippen molar-refractivity contribution < 1.29 is 10.6 Å². The fraction of sp³-hybridized carbons (Fsp3) is 0. The molecular formula is C9H7AlBr2NO2. The van der Waals surface area contributed by atoms with Gasteiger partial charge in [0.25, 0.3) is 0 Å². The van der Waals surface area contributed by atoms with Crippen molar-refractivity contribution in [2.45, 2.75) is 0 Å². The molecule has 0 fully saturated rings. The van der Waals surface area contributed by atoms with Crippen LogP contribution in [0.25, 0.3) is 10.9 Å². The van der Waals surface area contributed by atoms with E-state index in [1.165, 1.54) is 0 Å².